The Morgan fingerprint density at radius 2 is 1.82 bits per heavy atom. The zero-order valence-corrected chi connectivity index (χ0v) is 19.4. The standard InChI is InChI=1S/C24H28N4O4S/c1-2-19-8-9-20(16-23(19)33(30,31)28-12-14-32-15-13-28)24(29)25-17-21-6-3-4-7-22(21)18-27-11-5-10-26-27/h3-11,16H,2,12-15,17-18H2,1H3,(H,25,29). The van der Waals surface area contributed by atoms with E-state index in [-0.39, 0.29) is 10.8 Å². The minimum atomic E-state index is -3.70. The van der Waals surface area contributed by atoms with Crippen LogP contribution in [0.15, 0.2) is 65.8 Å². The molecule has 9 heteroatoms. The molecule has 1 aliphatic rings. The van der Waals surface area contributed by atoms with Gasteiger partial charge in [0, 0.05) is 37.6 Å². The summed E-state index contributed by atoms with van der Waals surface area (Å²) in [7, 11) is -3.70. The lowest BCUT2D eigenvalue weighted by atomic mass is 10.1. The van der Waals surface area contributed by atoms with Gasteiger partial charge >= 0.3 is 0 Å². The Labute approximate surface area is 194 Å². The molecule has 1 N–H and O–H groups in total. The Bertz CT molecular complexity index is 1200. The smallest absolute Gasteiger partial charge is 0.251 e. The number of hydrogen-bond donors (Lipinski definition) is 1. The Morgan fingerprint density at radius 3 is 2.52 bits per heavy atom. The highest BCUT2D eigenvalue weighted by molar-refractivity contribution is 7.89. The van der Waals surface area contributed by atoms with Crippen LogP contribution in [0.25, 0.3) is 0 Å². The molecule has 0 unspecified atom stereocenters. The molecule has 0 aliphatic carbocycles. The molecule has 3 aromatic rings. The Kier molecular flexibility index (Phi) is 7.22. The van der Waals surface area contributed by atoms with Crippen molar-refractivity contribution >= 4 is 15.9 Å². The van der Waals surface area contributed by atoms with E-state index >= 15 is 0 Å². The quantitative estimate of drug-likeness (QED) is 0.548. The molecule has 1 fully saturated rings. The van der Waals surface area contributed by atoms with Crippen LogP contribution in [0.4, 0.5) is 0 Å². The van der Waals surface area contributed by atoms with Gasteiger partial charge in [-0.15, -0.1) is 0 Å². The average molecular weight is 469 g/mol. The van der Waals surface area contributed by atoms with Crippen LogP contribution in [0.2, 0.25) is 0 Å². The van der Waals surface area contributed by atoms with Gasteiger partial charge in [0.05, 0.1) is 24.7 Å². The largest absolute Gasteiger partial charge is 0.379 e. The molecule has 1 aromatic heterocycles. The van der Waals surface area contributed by atoms with Crippen molar-refractivity contribution in [2.45, 2.75) is 31.3 Å². The van der Waals surface area contributed by atoms with Gasteiger partial charge in [0.1, 0.15) is 0 Å². The first kappa shape index (κ1) is 23.2. The van der Waals surface area contributed by atoms with Crippen molar-refractivity contribution in [3.8, 4) is 0 Å². The van der Waals surface area contributed by atoms with E-state index in [1.165, 1.54) is 10.4 Å². The molecule has 0 saturated carbocycles. The van der Waals surface area contributed by atoms with E-state index in [2.05, 4.69) is 10.4 Å². The average Bonchev–Trinajstić information content (AvgIpc) is 3.36. The second kappa shape index (κ2) is 10.3. The van der Waals surface area contributed by atoms with Gasteiger partial charge in [0.15, 0.2) is 0 Å². The third kappa shape index (κ3) is 5.32. The number of morpholine rings is 1. The topological polar surface area (TPSA) is 93.5 Å². The second-order valence-electron chi connectivity index (χ2n) is 7.85. The summed E-state index contributed by atoms with van der Waals surface area (Å²) in [6, 6.07) is 14.6. The number of benzene rings is 2. The van der Waals surface area contributed by atoms with E-state index in [0.717, 1.165) is 11.1 Å². The van der Waals surface area contributed by atoms with Crippen molar-refractivity contribution in [3.63, 3.8) is 0 Å². The molecular weight excluding hydrogens is 440 g/mol. The van der Waals surface area contributed by atoms with Crippen molar-refractivity contribution in [3.05, 3.63) is 83.2 Å². The lowest BCUT2D eigenvalue weighted by molar-refractivity contribution is 0.0730. The van der Waals surface area contributed by atoms with Crippen LogP contribution in [0, 0.1) is 0 Å². The molecule has 0 bridgehead atoms. The van der Waals surface area contributed by atoms with E-state index in [4.69, 9.17) is 4.74 Å². The molecular formula is C24H28N4O4S. The molecule has 0 spiro atoms. The number of hydrogen-bond acceptors (Lipinski definition) is 5. The van der Waals surface area contributed by atoms with Crippen LogP contribution >= 0.6 is 0 Å². The van der Waals surface area contributed by atoms with Gasteiger partial charge in [-0.2, -0.15) is 9.40 Å². The van der Waals surface area contributed by atoms with Crippen LogP contribution in [-0.4, -0.2) is 54.7 Å². The van der Waals surface area contributed by atoms with Crippen molar-refractivity contribution < 1.29 is 17.9 Å². The van der Waals surface area contributed by atoms with E-state index in [9.17, 15) is 13.2 Å². The SMILES string of the molecule is CCc1ccc(C(=O)NCc2ccccc2Cn2cccn2)cc1S(=O)(=O)N1CCOCC1. The van der Waals surface area contributed by atoms with Gasteiger partial charge in [-0.1, -0.05) is 37.3 Å². The summed E-state index contributed by atoms with van der Waals surface area (Å²) in [5, 5.41) is 7.18. The highest BCUT2D eigenvalue weighted by Crippen LogP contribution is 2.23. The maximum atomic E-state index is 13.2. The van der Waals surface area contributed by atoms with Crippen LogP contribution in [0.1, 0.15) is 34.0 Å². The fourth-order valence-electron chi connectivity index (χ4n) is 3.88. The first-order valence-electron chi connectivity index (χ1n) is 11.0. The molecule has 33 heavy (non-hydrogen) atoms. The molecule has 2 heterocycles. The summed E-state index contributed by atoms with van der Waals surface area (Å²) in [6.07, 6.45) is 4.18. The normalized spacial score (nSPS) is 14.8. The maximum Gasteiger partial charge on any atom is 0.251 e. The van der Waals surface area contributed by atoms with Crippen molar-refractivity contribution in [2.24, 2.45) is 0 Å². The Morgan fingerprint density at radius 1 is 1.06 bits per heavy atom. The van der Waals surface area contributed by atoms with Gasteiger partial charge in [-0.3, -0.25) is 9.48 Å². The van der Waals surface area contributed by atoms with Gasteiger partial charge in [-0.05, 0) is 41.3 Å². The molecule has 0 radical (unpaired) electrons. The number of nitrogens with zero attached hydrogens (tertiary/aromatic N) is 3. The predicted octanol–water partition coefficient (Wildman–Crippen LogP) is 2.44. The first-order valence-corrected chi connectivity index (χ1v) is 12.5. The summed E-state index contributed by atoms with van der Waals surface area (Å²) in [6.45, 7) is 4.22. The summed E-state index contributed by atoms with van der Waals surface area (Å²) >= 11 is 0. The highest BCUT2D eigenvalue weighted by Gasteiger charge is 2.29. The lowest BCUT2D eigenvalue weighted by Crippen LogP contribution is -2.41. The fourth-order valence-corrected chi connectivity index (χ4v) is 5.61. The number of aryl methyl sites for hydroxylation is 1. The second-order valence-corrected chi connectivity index (χ2v) is 9.75. The number of carbonyl (C=O) groups is 1. The fraction of sp³-hybridized carbons (Fsp3) is 0.333. The molecule has 174 valence electrons. The van der Waals surface area contributed by atoms with Crippen LogP contribution in [0.3, 0.4) is 0 Å². The number of ether oxygens (including phenoxy) is 1. The van der Waals surface area contributed by atoms with E-state index < -0.39 is 10.0 Å². The molecule has 2 aromatic carbocycles. The van der Waals surface area contributed by atoms with E-state index in [1.54, 1.807) is 18.3 Å². The Balaban J connectivity index is 1.52. The lowest BCUT2D eigenvalue weighted by Gasteiger charge is -2.27. The third-order valence-corrected chi connectivity index (χ3v) is 7.73. The molecule has 1 amide bonds. The van der Waals surface area contributed by atoms with Gasteiger partial charge in [0.25, 0.3) is 5.91 Å². The van der Waals surface area contributed by atoms with Crippen molar-refractivity contribution in [2.75, 3.05) is 26.3 Å². The summed E-state index contributed by atoms with van der Waals surface area (Å²) in [5.41, 5.74) is 3.05. The highest BCUT2D eigenvalue weighted by atomic mass is 32.2. The molecule has 1 saturated heterocycles. The zero-order valence-electron chi connectivity index (χ0n) is 18.6. The monoisotopic (exact) mass is 468 g/mol. The van der Waals surface area contributed by atoms with E-state index in [0.29, 0.717) is 56.9 Å². The number of aromatic nitrogens is 2. The van der Waals surface area contributed by atoms with Crippen molar-refractivity contribution in [1.29, 1.82) is 0 Å². The van der Waals surface area contributed by atoms with Gasteiger partial charge < -0.3 is 10.1 Å². The Hall–Kier alpha value is -3.01. The van der Waals surface area contributed by atoms with Crippen LogP contribution in [-0.2, 0) is 34.3 Å². The minimum Gasteiger partial charge on any atom is -0.379 e. The molecule has 4 rings (SSSR count). The summed E-state index contributed by atoms with van der Waals surface area (Å²) in [5.74, 6) is -0.315. The van der Waals surface area contributed by atoms with Crippen LogP contribution in [0.5, 0.6) is 0 Å². The number of rotatable bonds is 8. The molecule has 1 aliphatic heterocycles. The van der Waals surface area contributed by atoms with E-state index in [1.807, 2.05) is 48.1 Å². The number of nitrogens with one attached hydrogen (secondary N) is 1. The molecule has 8 nitrogen and oxygen atoms in total. The third-order valence-electron chi connectivity index (χ3n) is 5.75. The van der Waals surface area contributed by atoms with Gasteiger partial charge in [0.2, 0.25) is 10.0 Å². The zero-order chi connectivity index (χ0) is 23.3. The summed E-state index contributed by atoms with van der Waals surface area (Å²) in [4.78, 5) is 13.1. The van der Waals surface area contributed by atoms with Crippen molar-refractivity contribution in [1.82, 2.24) is 19.4 Å². The molecule has 0 atom stereocenters. The first-order chi connectivity index (χ1) is 16.0. The minimum absolute atomic E-state index is 0.193. The van der Waals surface area contributed by atoms with Gasteiger partial charge in [-0.25, -0.2) is 8.42 Å². The summed E-state index contributed by atoms with van der Waals surface area (Å²) < 4.78 is 35.0. The van der Waals surface area contributed by atoms with Crippen LogP contribution < -0.4 is 5.32 Å². The predicted molar refractivity (Wildman–Crippen MR) is 124 cm³/mol. The maximum absolute atomic E-state index is 13.2. The number of amides is 1. The number of carbonyl (C=O) groups excluding carboxylic acids is 1. The number of sulfonamides is 1.